The Labute approximate surface area is 229 Å². The predicted octanol–water partition coefficient (Wildman–Crippen LogP) is 7.53. The number of thioether (sulfide) groups is 1. The summed E-state index contributed by atoms with van der Waals surface area (Å²) in [5.41, 5.74) is 5.21. The van der Waals surface area contributed by atoms with Gasteiger partial charge in [0.2, 0.25) is 4.99 Å². The number of halogens is 2. The van der Waals surface area contributed by atoms with Crippen LogP contribution in [-0.4, -0.2) is 16.5 Å². The molecule has 2 heterocycles. The normalized spacial score (nSPS) is 18.5. The van der Waals surface area contributed by atoms with Crippen LogP contribution in [0.1, 0.15) is 23.6 Å². The molecule has 0 saturated carbocycles. The summed E-state index contributed by atoms with van der Waals surface area (Å²) in [5.74, 6) is -0.119. The zero-order valence-electron chi connectivity index (χ0n) is 19.7. The lowest BCUT2D eigenvalue weighted by Gasteiger charge is -2.47. The maximum absolute atomic E-state index is 12.7. The Morgan fingerprint density at radius 2 is 1.43 bits per heavy atom. The smallest absolute Gasteiger partial charge is 0.234 e. The van der Waals surface area contributed by atoms with Crippen molar-refractivity contribution in [2.75, 3.05) is 10.0 Å². The monoisotopic (exact) mass is 542 g/mol. The topological polar surface area (TPSA) is 48.3 Å². The molecular weight excluding hydrogens is 523 g/mol. The number of para-hydroxylation sites is 1. The number of hydrazone groups is 2. The highest BCUT2D eigenvalue weighted by molar-refractivity contribution is 8.17. The molecule has 1 spiro atoms. The third kappa shape index (κ3) is 4.02. The zero-order chi connectivity index (χ0) is 25.6. The number of hydrogen-bond acceptors (Lipinski definition) is 6. The third-order valence-electron chi connectivity index (χ3n) is 6.21. The van der Waals surface area contributed by atoms with Gasteiger partial charge >= 0.3 is 0 Å². The zero-order valence-corrected chi connectivity index (χ0v) is 22.0. The van der Waals surface area contributed by atoms with E-state index in [1.807, 2.05) is 101 Å². The van der Waals surface area contributed by atoms with E-state index in [0.717, 1.165) is 33.8 Å². The fourth-order valence-electron chi connectivity index (χ4n) is 4.57. The number of rotatable bonds is 4. The quantitative estimate of drug-likeness (QED) is 0.267. The summed E-state index contributed by atoms with van der Waals surface area (Å²) < 4.78 is 0. The second-order valence-electron chi connectivity index (χ2n) is 8.61. The van der Waals surface area contributed by atoms with E-state index in [2.05, 4.69) is 12.1 Å². The molecule has 2 aliphatic heterocycles. The second-order valence-corrected chi connectivity index (χ2v) is 10.6. The van der Waals surface area contributed by atoms with Gasteiger partial charge in [-0.2, -0.15) is 10.2 Å². The summed E-state index contributed by atoms with van der Waals surface area (Å²) in [6, 6.07) is 33.1. The average molecular weight is 543 g/mol. The lowest BCUT2D eigenvalue weighted by molar-refractivity contribution is -0.110. The van der Waals surface area contributed by atoms with Crippen molar-refractivity contribution < 1.29 is 4.79 Å². The van der Waals surface area contributed by atoms with Crippen LogP contribution in [0.2, 0.25) is 10.0 Å². The lowest BCUT2D eigenvalue weighted by atomic mass is 9.93. The molecule has 8 heteroatoms. The first kappa shape index (κ1) is 23.8. The van der Waals surface area contributed by atoms with Crippen molar-refractivity contribution in [2.45, 2.75) is 11.9 Å². The number of hydrogen-bond donors (Lipinski definition) is 0. The highest BCUT2D eigenvalue weighted by atomic mass is 35.5. The minimum atomic E-state index is -1.01. The van der Waals surface area contributed by atoms with E-state index in [1.54, 1.807) is 0 Å². The van der Waals surface area contributed by atoms with Gasteiger partial charge in [-0.05, 0) is 54.2 Å². The van der Waals surface area contributed by atoms with Crippen LogP contribution < -0.4 is 10.0 Å². The standard InChI is InChI=1S/C29H20Cl2N4OS/c1-19(36)28-33-35(24-11-7-8-22(31)18-24)29(37-28)26-13-6-5-12-25(26)27(20-14-16-21(30)17-15-20)32-34(29)23-9-3-2-4-10-23/h2-18H,1H3. The minimum Gasteiger partial charge on any atom is -0.292 e. The van der Waals surface area contributed by atoms with Gasteiger partial charge < -0.3 is 0 Å². The van der Waals surface area contributed by atoms with E-state index in [4.69, 9.17) is 33.4 Å². The SMILES string of the molecule is CC(=O)C1=NN(c2cccc(Cl)c2)C2(S1)c1ccccc1C(c1ccc(Cl)cc1)=NN2c1ccccc1. The van der Waals surface area contributed by atoms with Crippen molar-refractivity contribution in [3.63, 3.8) is 0 Å². The second kappa shape index (κ2) is 9.38. The van der Waals surface area contributed by atoms with Crippen LogP contribution in [0.15, 0.2) is 113 Å². The number of carbonyl (C=O) groups excluding carboxylic acids is 1. The number of nitrogens with zero attached hydrogens (tertiary/aromatic N) is 4. The molecule has 0 amide bonds. The Morgan fingerprint density at radius 1 is 0.757 bits per heavy atom. The number of fused-ring (bicyclic) bond motifs is 2. The van der Waals surface area contributed by atoms with E-state index < -0.39 is 4.99 Å². The molecule has 0 radical (unpaired) electrons. The van der Waals surface area contributed by atoms with Crippen molar-refractivity contribution in [3.05, 3.63) is 130 Å². The van der Waals surface area contributed by atoms with Gasteiger partial charge in [0.1, 0.15) is 0 Å². The number of ketones is 1. The van der Waals surface area contributed by atoms with E-state index >= 15 is 0 Å². The third-order valence-corrected chi connectivity index (χ3v) is 8.11. The van der Waals surface area contributed by atoms with E-state index in [9.17, 15) is 4.79 Å². The molecule has 6 rings (SSSR count). The Hall–Kier alpha value is -3.58. The molecule has 0 saturated heterocycles. The first-order valence-corrected chi connectivity index (χ1v) is 13.2. The van der Waals surface area contributed by atoms with Gasteiger partial charge in [0.25, 0.3) is 0 Å². The van der Waals surface area contributed by atoms with Gasteiger partial charge in [0, 0.05) is 33.7 Å². The molecule has 0 bridgehead atoms. The van der Waals surface area contributed by atoms with Crippen molar-refractivity contribution in [1.82, 2.24) is 0 Å². The van der Waals surface area contributed by atoms with Crippen molar-refractivity contribution in [2.24, 2.45) is 10.2 Å². The largest absolute Gasteiger partial charge is 0.292 e. The number of benzene rings is 4. The van der Waals surface area contributed by atoms with Crippen LogP contribution in [0.5, 0.6) is 0 Å². The summed E-state index contributed by atoms with van der Waals surface area (Å²) in [6.45, 7) is 1.53. The fraction of sp³-hybridized carbons (Fsp3) is 0.0690. The summed E-state index contributed by atoms with van der Waals surface area (Å²) in [7, 11) is 0. The summed E-state index contributed by atoms with van der Waals surface area (Å²) in [5, 5.41) is 15.5. The van der Waals surface area contributed by atoms with Crippen molar-refractivity contribution in [1.29, 1.82) is 0 Å². The van der Waals surface area contributed by atoms with E-state index in [1.165, 1.54) is 18.7 Å². The van der Waals surface area contributed by atoms with E-state index in [-0.39, 0.29) is 5.78 Å². The fourth-order valence-corrected chi connectivity index (χ4v) is 6.17. The minimum absolute atomic E-state index is 0.119. The number of anilines is 2. The van der Waals surface area contributed by atoms with Gasteiger partial charge in [-0.15, -0.1) is 0 Å². The molecule has 0 aromatic heterocycles. The lowest BCUT2D eigenvalue weighted by Crippen LogP contribution is -2.54. The van der Waals surface area contributed by atoms with Gasteiger partial charge in [0.15, 0.2) is 10.8 Å². The van der Waals surface area contributed by atoms with Gasteiger partial charge in [-0.3, -0.25) is 4.79 Å². The Kier molecular flexibility index (Phi) is 6.03. The van der Waals surface area contributed by atoms with E-state index in [0.29, 0.717) is 15.1 Å². The Bertz CT molecular complexity index is 1570. The van der Waals surface area contributed by atoms with Crippen LogP contribution >= 0.6 is 35.0 Å². The highest BCUT2D eigenvalue weighted by Crippen LogP contribution is 2.55. The molecule has 0 aliphatic carbocycles. The molecule has 0 fully saturated rings. The van der Waals surface area contributed by atoms with Crippen molar-refractivity contribution in [3.8, 4) is 0 Å². The van der Waals surface area contributed by atoms with Crippen LogP contribution in [0.25, 0.3) is 0 Å². The average Bonchev–Trinajstić information content (AvgIpc) is 3.32. The first-order valence-electron chi connectivity index (χ1n) is 11.6. The van der Waals surface area contributed by atoms with Crippen molar-refractivity contribution >= 4 is 62.9 Å². The van der Waals surface area contributed by atoms with Gasteiger partial charge in [-0.25, -0.2) is 10.0 Å². The maximum Gasteiger partial charge on any atom is 0.234 e. The number of carbonyl (C=O) groups is 1. The highest BCUT2D eigenvalue weighted by Gasteiger charge is 2.55. The number of Topliss-reactive ketones (excluding diaryl/α,β-unsaturated/α-hetero) is 1. The maximum atomic E-state index is 12.7. The van der Waals surface area contributed by atoms with Crippen LogP contribution in [0, 0.1) is 0 Å². The first-order chi connectivity index (χ1) is 18.0. The Morgan fingerprint density at radius 3 is 2.16 bits per heavy atom. The molecule has 1 atom stereocenters. The molecule has 4 aromatic rings. The molecule has 0 N–H and O–H groups in total. The molecule has 4 aromatic carbocycles. The van der Waals surface area contributed by atoms with Crippen LogP contribution in [0.3, 0.4) is 0 Å². The summed E-state index contributed by atoms with van der Waals surface area (Å²) >= 11 is 14.0. The van der Waals surface area contributed by atoms with Crippen LogP contribution in [-0.2, 0) is 9.79 Å². The molecular formula is C29H20Cl2N4OS. The molecule has 1 unspecified atom stereocenters. The predicted molar refractivity (Wildman–Crippen MR) is 154 cm³/mol. The van der Waals surface area contributed by atoms with Gasteiger partial charge in [-0.1, -0.05) is 83.9 Å². The molecule has 2 aliphatic rings. The Balaban J connectivity index is 1.66. The summed E-state index contributed by atoms with van der Waals surface area (Å²) in [6.07, 6.45) is 0. The van der Waals surface area contributed by atoms with Crippen LogP contribution in [0.4, 0.5) is 11.4 Å². The summed E-state index contributed by atoms with van der Waals surface area (Å²) in [4.78, 5) is 11.7. The molecule has 182 valence electrons. The van der Waals surface area contributed by atoms with Gasteiger partial charge in [0.05, 0.1) is 17.1 Å². The molecule has 5 nitrogen and oxygen atoms in total. The molecule has 37 heavy (non-hydrogen) atoms.